The summed E-state index contributed by atoms with van der Waals surface area (Å²) >= 11 is 0. The van der Waals surface area contributed by atoms with Crippen molar-refractivity contribution in [2.24, 2.45) is 0 Å². The number of hydrogen-bond acceptors (Lipinski definition) is 1. The van der Waals surface area contributed by atoms with Crippen molar-refractivity contribution < 1.29 is 0 Å². The van der Waals surface area contributed by atoms with Gasteiger partial charge in [0.25, 0.3) is 0 Å². The van der Waals surface area contributed by atoms with Crippen LogP contribution < -0.4 is 10.2 Å². The first-order valence-corrected chi connectivity index (χ1v) is 8.89. The van der Waals surface area contributed by atoms with Crippen LogP contribution in [0.25, 0.3) is 0 Å². The summed E-state index contributed by atoms with van der Waals surface area (Å²) in [6.45, 7) is 16.7. The Kier molecular flexibility index (Phi) is 3.90. The average Bonchev–Trinajstić information content (AvgIpc) is 2.49. The van der Waals surface area contributed by atoms with E-state index in [9.17, 15) is 0 Å². The summed E-state index contributed by atoms with van der Waals surface area (Å²) in [5.41, 5.74) is 7.52. The Morgan fingerprint density at radius 3 is 1.50 bits per heavy atom. The van der Waals surface area contributed by atoms with Crippen molar-refractivity contribution in [3.05, 3.63) is 47.5 Å². The van der Waals surface area contributed by atoms with Crippen molar-refractivity contribution in [3.8, 4) is 0 Å². The predicted octanol–water partition coefficient (Wildman–Crippen LogP) is 6.32. The highest BCUT2D eigenvalue weighted by Crippen LogP contribution is 2.46. The smallest absolute Gasteiger partial charge is 0.0877 e. The molecule has 0 aliphatic carbocycles. The van der Waals surface area contributed by atoms with Gasteiger partial charge in [0, 0.05) is 6.54 Å². The zero-order valence-electron chi connectivity index (χ0n) is 16.1. The van der Waals surface area contributed by atoms with E-state index in [1.165, 1.54) is 22.5 Å². The molecule has 0 saturated carbocycles. The lowest BCUT2D eigenvalue weighted by atomic mass is 9.85. The van der Waals surface area contributed by atoms with Crippen LogP contribution in [0.5, 0.6) is 0 Å². The molecule has 3 rings (SSSR count). The molecule has 0 atom stereocenters. The third-order valence-electron chi connectivity index (χ3n) is 4.82. The number of anilines is 2. The second-order valence-electron chi connectivity index (χ2n) is 8.76. The van der Waals surface area contributed by atoms with Gasteiger partial charge in [0.05, 0.1) is 22.7 Å². The third-order valence-corrected chi connectivity index (χ3v) is 4.82. The number of fused-ring (bicyclic) bond motifs is 2. The topological polar surface area (TPSA) is 17.3 Å². The second-order valence-corrected chi connectivity index (χ2v) is 8.76. The summed E-state index contributed by atoms with van der Waals surface area (Å²) in [7, 11) is 0. The minimum Gasteiger partial charge on any atom is -0.338 e. The Labute approximate surface area is 146 Å². The van der Waals surface area contributed by atoms with Gasteiger partial charge < -0.3 is 4.90 Å². The summed E-state index contributed by atoms with van der Waals surface area (Å²) in [6, 6.07) is 13.4. The second kappa shape index (κ2) is 5.54. The summed E-state index contributed by atoms with van der Waals surface area (Å²) in [4.78, 5) is 2.37. The molecule has 2 nitrogen and oxygen atoms in total. The molecule has 127 valence electrons. The first kappa shape index (κ1) is 16.9. The van der Waals surface area contributed by atoms with E-state index in [1.54, 1.807) is 0 Å². The first-order valence-electron chi connectivity index (χ1n) is 8.89. The van der Waals surface area contributed by atoms with E-state index in [0.29, 0.717) is 0 Å². The molecule has 1 aliphatic heterocycles. The van der Waals surface area contributed by atoms with E-state index in [4.69, 9.17) is 5.32 Å². The van der Waals surface area contributed by atoms with Crippen molar-refractivity contribution in [3.63, 3.8) is 0 Å². The van der Waals surface area contributed by atoms with Gasteiger partial charge in [-0.2, -0.15) is 0 Å². The minimum absolute atomic E-state index is 0.134. The Morgan fingerprint density at radius 1 is 0.750 bits per heavy atom. The van der Waals surface area contributed by atoms with Gasteiger partial charge in [0.2, 0.25) is 0 Å². The summed E-state index contributed by atoms with van der Waals surface area (Å²) < 4.78 is 0. The highest BCUT2D eigenvalue weighted by Gasteiger charge is 2.26. The highest BCUT2D eigenvalue weighted by molar-refractivity contribution is 5.87. The Hall–Kier alpha value is -1.96. The Morgan fingerprint density at radius 2 is 1.17 bits per heavy atom. The highest BCUT2D eigenvalue weighted by atomic mass is 15.2. The molecule has 0 spiro atoms. The summed E-state index contributed by atoms with van der Waals surface area (Å²) in [5.74, 6) is 0. The number of hydrogen-bond donors (Lipinski definition) is 0. The van der Waals surface area contributed by atoms with Gasteiger partial charge in [-0.25, -0.2) is 5.32 Å². The van der Waals surface area contributed by atoms with Crippen LogP contribution in [0.3, 0.4) is 0 Å². The van der Waals surface area contributed by atoms with Crippen molar-refractivity contribution in [2.75, 3.05) is 11.4 Å². The number of nitrogens with zero attached hydrogens (tertiary/aromatic N) is 2. The SMILES string of the molecule is CCN1c2ccc(C(C)(C)C)cc2[N]c2cc(C(C)(C)C)ccc21. The third kappa shape index (κ3) is 2.90. The normalized spacial score (nSPS) is 14.0. The lowest BCUT2D eigenvalue weighted by Crippen LogP contribution is -2.23. The molecule has 0 fully saturated rings. The van der Waals surface area contributed by atoms with Crippen LogP contribution in [0, 0.1) is 0 Å². The minimum atomic E-state index is 0.134. The van der Waals surface area contributed by atoms with E-state index >= 15 is 0 Å². The Balaban J connectivity index is 2.11. The molecule has 0 amide bonds. The van der Waals surface area contributed by atoms with Crippen molar-refractivity contribution in [2.45, 2.75) is 59.3 Å². The lowest BCUT2D eigenvalue weighted by molar-refractivity contribution is 0.589. The zero-order chi connectivity index (χ0) is 17.7. The molecule has 1 aliphatic rings. The maximum atomic E-state index is 5.01. The van der Waals surface area contributed by atoms with Crippen LogP contribution in [0.15, 0.2) is 36.4 Å². The van der Waals surface area contributed by atoms with Crippen LogP contribution in [-0.4, -0.2) is 6.54 Å². The molecular formula is C22H29N2. The zero-order valence-corrected chi connectivity index (χ0v) is 16.1. The predicted molar refractivity (Wildman–Crippen MR) is 104 cm³/mol. The molecule has 0 unspecified atom stereocenters. The van der Waals surface area contributed by atoms with Crippen LogP contribution >= 0.6 is 0 Å². The van der Waals surface area contributed by atoms with Gasteiger partial charge in [-0.3, -0.25) is 0 Å². The standard InChI is InChI=1S/C22H29N2/c1-8-24-19-11-9-15(21(2,3)4)13-17(19)23-18-14-16(22(5,6)7)10-12-20(18)24/h9-14H,8H2,1-7H3. The van der Waals surface area contributed by atoms with Crippen molar-refractivity contribution in [1.29, 1.82) is 0 Å². The molecule has 0 saturated heterocycles. The number of benzene rings is 2. The molecule has 1 radical (unpaired) electrons. The quantitative estimate of drug-likeness (QED) is 0.600. The van der Waals surface area contributed by atoms with E-state index in [2.05, 4.69) is 89.8 Å². The largest absolute Gasteiger partial charge is 0.338 e. The fourth-order valence-corrected chi connectivity index (χ4v) is 3.22. The van der Waals surface area contributed by atoms with Gasteiger partial charge in [-0.05, 0) is 53.1 Å². The summed E-state index contributed by atoms with van der Waals surface area (Å²) in [5, 5.41) is 5.01. The fourth-order valence-electron chi connectivity index (χ4n) is 3.22. The van der Waals surface area contributed by atoms with E-state index in [0.717, 1.165) is 17.9 Å². The van der Waals surface area contributed by atoms with Gasteiger partial charge in [0.15, 0.2) is 0 Å². The monoisotopic (exact) mass is 321 g/mol. The average molecular weight is 321 g/mol. The summed E-state index contributed by atoms with van der Waals surface area (Å²) in [6.07, 6.45) is 0. The van der Waals surface area contributed by atoms with Crippen molar-refractivity contribution >= 4 is 22.7 Å². The number of rotatable bonds is 1. The lowest BCUT2D eigenvalue weighted by Gasteiger charge is -2.34. The maximum Gasteiger partial charge on any atom is 0.0877 e. The molecule has 24 heavy (non-hydrogen) atoms. The van der Waals surface area contributed by atoms with Gasteiger partial charge in [0.1, 0.15) is 0 Å². The van der Waals surface area contributed by atoms with Gasteiger partial charge in [-0.1, -0.05) is 53.7 Å². The molecular weight excluding hydrogens is 292 g/mol. The Bertz CT molecular complexity index is 697. The van der Waals surface area contributed by atoms with Crippen LogP contribution in [0.4, 0.5) is 22.7 Å². The van der Waals surface area contributed by atoms with Crippen LogP contribution in [0.2, 0.25) is 0 Å². The molecule has 1 heterocycles. The van der Waals surface area contributed by atoms with Crippen LogP contribution in [0.1, 0.15) is 59.6 Å². The molecule has 2 aromatic carbocycles. The van der Waals surface area contributed by atoms with E-state index < -0.39 is 0 Å². The molecule has 0 N–H and O–H groups in total. The van der Waals surface area contributed by atoms with Gasteiger partial charge in [-0.15, -0.1) is 0 Å². The van der Waals surface area contributed by atoms with Gasteiger partial charge >= 0.3 is 0 Å². The fraction of sp³-hybridized carbons (Fsp3) is 0.455. The first-order chi connectivity index (χ1) is 11.1. The maximum absolute atomic E-state index is 5.01. The van der Waals surface area contributed by atoms with E-state index in [-0.39, 0.29) is 10.8 Å². The molecule has 2 aromatic rings. The van der Waals surface area contributed by atoms with Crippen molar-refractivity contribution in [1.82, 2.24) is 5.32 Å². The van der Waals surface area contributed by atoms with E-state index in [1.807, 2.05) is 0 Å². The molecule has 0 bridgehead atoms. The van der Waals surface area contributed by atoms with Crippen LogP contribution in [-0.2, 0) is 10.8 Å². The molecule has 0 aromatic heterocycles. The molecule has 2 heteroatoms.